The van der Waals surface area contributed by atoms with Gasteiger partial charge in [0.15, 0.2) is 0 Å². The molecule has 2 nitrogen and oxygen atoms in total. The lowest BCUT2D eigenvalue weighted by Crippen LogP contribution is -2.46. The first kappa shape index (κ1) is 22.7. The second-order valence-corrected chi connectivity index (χ2v) is 7.43. The SMILES string of the molecule is FC(F)(F)c1cccc(B(OCCC2CCCCN2)c2cccc(C(F)(F)F)c2)c1. The van der Waals surface area contributed by atoms with Gasteiger partial charge >= 0.3 is 19.3 Å². The highest BCUT2D eigenvalue weighted by molar-refractivity contribution is 6.80. The van der Waals surface area contributed by atoms with Crippen LogP contribution in [0.1, 0.15) is 36.8 Å². The summed E-state index contributed by atoms with van der Waals surface area (Å²) in [7, 11) is 0. The average molecular weight is 429 g/mol. The summed E-state index contributed by atoms with van der Waals surface area (Å²) in [6.45, 7) is 0.0858. The molecule has 0 aromatic heterocycles. The van der Waals surface area contributed by atoms with E-state index in [1.165, 1.54) is 24.3 Å². The maximum atomic E-state index is 13.2. The number of nitrogens with one attached hydrogen (secondary N) is 1. The fourth-order valence-electron chi connectivity index (χ4n) is 3.64. The maximum absolute atomic E-state index is 13.2. The minimum absolute atomic E-state index is 0.167. The average Bonchev–Trinajstić information content (AvgIpc) is 2.71. The summed E-state index contributed by atoms with van der Waals surface area (Å²) in [6, 6.07) is 9.33. The van der Waals surface area contributed by atoms with Gasteiger partial charge in [0.1, 0.15) is 0 Å². The predicted octanol–water partition coefficient (Wildman–Crippen LogP) is 4.38. The van der Waals surface area contributed by atoms with Gasteiger partial charge in [-0.3, -0.25) is 0 Å². The molecule has 162 valence electrons. The van der Waals surface area contributed by atoms with Gasteiger partial charge in [0.25, 0.3) is 0 Å². The molecular weight excluding hydrogens is 407 g/mol. The Bertz CT molecular complexity index is 775. The molecule has 1 N–H and O–H groups in total. The van der Waals surface area contributed by atoms with Crippen molar-refractivity contribution in [1.82, 2.24) is 5.32 Å². The number of hydrogen-bond donors (Lipinski definition) is 1. The van der Waals surface area contributed by atoms with Crippen molar-refractivity contribution in [2.45, 2.75) is 44.1 Å². The van der Waals surface area contributed by atoms with Crippen LogP contribution in [0.15, 0.2) is 48.5 Å². The Labute approximate surface area is 171 Å². The third kappa shape index (κ3) is 6.01. The number of halogens is 6. The first-order chi connectivity index (χ1) is 14.1. The fraction of sp³-hybridized carbons (Fsp3) is 0.429. The Morgan fingerprint density at radius 1 is 0.867 bits per heavy atom. The number of hydrogen-bond acceptors (Lipinski definition) is 2. The van der Waals surface area contributed by atoms with Gasteiger partial charge in [-0.05, 0) is 36.7 Å². The number of rotatable bonds is 6. The summed E-state index contributed by atoms with van der Waals surface area (Å²) >= 11 is 0. The minimum atomic E-state index is -4.56. The predicted molar refractivity (Wildman–Crippen MR) is 104 cm³/mol. The fourth-order valence-corrected chi connectivity index (χ4v) is 3.64. The summed E-state index contributed by atoms with van der Waals surface area (Å²) < 4.78 is 84.8. The second-order valence-electron chi connectivity index (χ2n) is 7.43. The number of alkyl halides is 6. The molecule has 1 atom stereocenters. The number of piperidine rings is 1. The molecule has 2 aromatic carbocycles. The van der Waals surface area contributed by atoms with Crippen molar-refractivity contribution in [2.75, 3.05) is 13.2 Å². The second kappa shape index (κ2) is 9.43. The monoisotopic (exact) mass is 429 g/mol. The molecule has 30 heavy (non-hydrogen) atoms. The Balaban J connectivity index is 1.87. The van der Waals surface area contributed by atoms with Crippen molar-refractivity contribution in [3.63, 3.8) is 0 Å². The lowest BCUT2D eigenvalue weighted by molar-refractivity contribution is -0.138. The third-order valence-corrected chi connectivity index (χ3v) is 5.20. The van der Waals surface area contributed by atoms with Gasteiger partial charge in [-0.15, -0.1) is 0 Å². The molecule has 1 heterocycles. The first-order valence-electron chi connectivity index (χ1n) is 9.84. The molecule has 1 saturated heterocycles. The van der Waals surface area contributed by atoms with Crippen LogP contribution in [0.4, 0.5) is 26.3 Å². The Hall–Kier alpha value is -2.00. The first-order valence-corrected chi connectivity index (χ1v) is 9.84. The molecule has 0 spiro atoms. The summed E-state index contributed by atoms with van der Waals surface area (Å²) in [5, 5.41) is 3.35. The van der Waals surface area contributed by atoms with Crippen LogP contribution in [0.2, 0.25) is 0 Å². The van der Waals surface area contributed by atoms with Crippen LogP contribution in [-0.2, 0) is 17.0 Å². The van der Waals surface area contributed by atoms with Crippen molar-refractivity contribution < 1.29 is 31.0 Å². The van der Waals surface area contributed by atoms with Crippen LogP contribution >= 0.6 is 0 Å². The van der Waals surface area contributed by atoms with Crippen molar-refractivity contribution in [2.24, 2.45) is 0 Å². The molecule has 1 unspecified atom stereocenters. The van der Waals surface area contributed by atoms with Crippen molar-refractivity contribution in [1.29, 1.82) is 0 Å². The van der Waals surface area contributed by atoms with Crippen LogP contribution in [0, 0.1) is 0 Å². The Morgan fingerprint density at radius 2 is 1.43 bits per heavy atom. The van der Waals surface area contributed by atoms with Crippen LogP contribution in [-0.4, -0.2) is 26.1 Å². The van der Waals surface area contributed by atoms with Crippen molar-refractivity contribution >= 4 is 17.8 Å². The molecule has 1 fully saturated rings. The molecular formula is C21H22BF6NO. The largest absolute Gasteiger partial charge is 0.427 e. The topological polar surface area (TPSA) is 21.3 Å². The van der Waals surface area contributed by atoms with Crippen LogP contribution in [0.3, 0.4) is 0 Å². The normalized spacial score (nSPS) is 17.7. The van der Waals surface area contributed by atoms with E-state index in [4.69, 9.17) is 4.65 Å². The van der Waals surface area contributed by atoms with Gasteiger partial charge < -0.3 is 9.97 Å². The zero-order valence-corrected chi connectivity index (χ0v) is 16.2. The van der Waals surface area contributed by atoms with E-state index in [9.17, 15) is 26.3 Å². The van der Waals surface area contributed by atoms with E-state index in [0.717, 1.165) is 50.1 Å². The van der Waals surface area contributed by atoms with Crippen molar-refractivity contribution in [3.05, 3.63) is 59.7 Å². The van der Waals surface area contributed by atoms with Gasteiger partial charge in [0.05, 0.1) is 11.1 Å². The summed E-state index contributed by atoms with van der Waals surface area (Å²) in [4.78, 5) is 0. The van der Waals surface area contributed by atoms with E-state index in [1.54, 1.807) is 0 Å². The standard InChI is InChI=1S/C21H22BF6NO/c23-20(24,25)15-5-3-7-17(13-15)22(30-12-10-19-9-1-2-11-29-19)18-8-4-6-16(14-18)21(26,27)28/h3-8,13-14,19,29H,1-2,9-12H2. The molecule has 0 bridgehead atoms. The van der Waals surface area contributed by atoms with Crippen molar-refractivity contribution in [3.8, 4) is 0 Å². The molecule has 1 aliphatic heterocycles. The van der Waals surface area contributed by atoms with Crippen LogP contribution in [0.25, 0.3) is 0 Å². The van der Waals surface area contributed by atoms with Gasteiger partial charge in [-0.2, -0.15) is 26.3 Å². The zero-order chi connectivity index (χ0) is 21.8. The third-order valence-electron chi connectivity index (χ3n) is 5.20. The molecule has 0 saturated carbocycles. The highest BCUT2D eigenvalue weighted by atomic mass is 19.4. The zero-order valence-electron chi connectivity index (χ0n) is 16.2. The summed E-state index contributed by atoms with van der Waals surface area (Å²) in [6.07, 6.45) is -5.33. The van der Waals surface area contributed by atoms with E-state index in [0.29, 0.717) is 6.42 Å². The van der Waals surface area contributed by atoms with E-state index < -0.39 is 30.4 Å². The van der Waals surface area contributed by atoms with Gasteiger partial charge in [-0.25, -0.2) is 0 Å². The Morgan fingerprint density at radius 3 is 1.90 bits per heavy atom. The molecule has 0 aliphatic carbocycles. The molecule has 9 heteroatoms. The van der Waals surface area contributed by atoms with E-state index >= 15 is 0 Å². The maximum Gasteiger partial charge on any atom is 0.416 e. The minimum Gasteiger partial charge on any atom is -0.427 e. The van der Waals surface area contributed by atoms with Crippen LogP contribution < -0.4 is 16.2 Å². The lowest BCUT2D eigenvalue weighted by Gasteiger charge is -2.24. The smallest absolute Gasteiger partial charge is 0.416 e. The molecule has 0 amide bonds. The lowest BCUT2D eigenvalue weighted by atomic mass is 9.55. The molecule has 2 aromatic rings. The summed E-state index contributed by atoms with van der Waals surface area (Å²) in [5.74, 6) is 0. The highest BCUT2D eigenvalue weighted by Gasteiger charge is 2.34. The van der Waals surface area contributed by atoms with Crippen LogP contribution in [0.5, 0.6) is 0 Å². The summed E-state index contributed by atoms with van der Waals surface area (Å²) in [5.41, 5.74) is -1.40. The van der Waals surface area contributed by atoms with E-state index in [-0.39, 0.29) is 23.6 Å². The van der Waals surface area contributed by atoms with Gasteiger partial charge in [0.2, 0.25) is 0 Å². The van der Waals surface area contributed by atoms with Gasteiger partial charge in [0, 0.05) is 12.6 Å². The highest BCUT2D eigenvalue weighted by Crippen LogP contribution is 2.29. The number of benzene rings is 2. The quantitative estimate of drug-likeness (QED) is 0.544. The Kier molecular flexibility index (Phi) is 7.13. The molecule has 3 rings (SSSR count). The molecule has 1 aliphatic rings. The van der Waals surface area contributed by atoms with E-state index in [2.05, 4.69) is 5.32 Å². The van der Waals surface area contributed by atoms with E-state index in [1.807, 2.05) is 0 Å². The molecule has 0 radical (unpaired) electrons. The van der Waals surface area contributed by atoms with Gasteiger partial charge in [-0.1, -0.05) is 55.0 Å².